The second-order valence-electron chi connectivity index (χ2n) is 5.40. The number of nitriles is 1. The van der Waals surface area contributed by atoms with E-state index in [0.29, 0.717) is 5.56 Å². The van der Waals surface area contributed by atoms with Crippen molar-refractivity contribution in [3.63, 3.8) is 0 Å². The van der Waals surface area contributed by atoms with Gasteiger partial charge in [0.1, 0.15) is 0 Å². The van der Waals surface area contributed by atoms with Crippen molar-refractivity contribution in [1.29, 1.82) is 5.26 Å². The number of aromatic nitrogens is 2. The molecule has 108 valence electrons. The lowest BCUT2D eigenvalue weighted by atomic mass is 10.0. The van der Waals surface area contributed by atoms with E-state index in [2.05, 4.69) is 34.2 Å². The summed E-state index contributed by atoms with van der Waals surface area (Å²) in [5.74, 6) is 0. The molecule has 0 bridgehead atoms. The number of pyridine rings is 1. The molecular formula is C20H13N3. The first-order valence-electron chi connectivity index (χ1n) is 7.37. The van der Waals surface area contributed by atoms with Crippen LogP contribution in [0.25, 0.3) is 33.2 Å². The second kappa shape index (κ2) is 5.43. The fourth-order valence-corrected chi connectivity index (χ4v) is 2.80. The van der Waals surface area contributed by atoms with Crippen LogP contribution in [0.1, 0.15) is 5.56 Å². The second-order valence-corrected chi connectivity index (χ2v) is 5.40. The van der Waals surface area contributed by atoms with Gasteiger partial charge in [-0.1, -0.05) is 30.3 Å². The number of nitrogens with one attached hydrogen (secondary N) is 1. The van der Waals surface area contributed by atoms with Crippen molar-refractivity contribution in [1.82, 2.24) is 9.97 Å². The van der Waals surface area contributed by atoms with Crippen LogP contribution in [0, 0.1) is 11.3 Å². The maximum atomic E-state index is 9.12. The molecule has 0 unspecified atom stereocenters. The lowest BCUT2D eigenvalue weighted by molar-refractivity contribution is 1.33. The maximum Gasteiger partial charge on any atom is 0.0991 e. The van der Waals surface area contributed by atoms with E-state index in [9.17, 15) is 0 Å². The molecule has 0 atom stereocenters. The third kappa shape index (κ3) is 2.37. The van der Waals surface area contributed by atoms with Crippen LogP contribution >= 0.6 is 0 Å². The van der Waals surface area contributed by atoms with Gasteiger partial charge in [0.25, 0.3) is 0 Å². The molecule has 4 aromatic rings. The van der Waals surface area contributed by atoms with Crippen LogP contribution in [-0.4, -0.2) is 9.97 Å². The van der Waals surface area contributed by atoms with Gasteiger partial charge in [0, 0.05) is 46.2 Å². The van der Waals surface area contributed by atoms with E-state index < -0.39 is 0 Å². The molecule has 2 aromatic carbocycles. The highest BCUT2D eigenvalue weighted by Crippen LogP contribution is 2.31. The molecule has 1 N–H and O–H groups in total. The van der Waals surface area contributed by atoms with Crippen molar-refractivity contribution in [2.24, 2.45) is 0 Å². The first-order chi connectivity index (χ1) is 11.3. The van der Waals surface area contributed by atoms with Gasteiger partial charge in [-0.05, 0) is 29.8 Å². The Labute approximate surface area is 133 Å². The number of H-pyrrole nitrogens is 1. The molecule has 4 rings (SSSR count). The Kier molecular flexibility index (Phi) is 3.14. The Bertz CT molecular complexity index is 1020. The van der Waals surface area contributed by atoms with Crippen molar-refractivity contribution in [2.45, 2.75) is 0 Å². The maximum absolute atomic E-state index is 9.12. The van der Waals surface area contributed by atoms with E-state index >= 15 is 0 Å². The minimum absolute atomic E-state index is 0.658. The fraction of sp³-hybridized carbons (Fsp3) is 0. The van der Waals surface area contributed by atoms with Gasteiger partial charge in [0.2, 0.25) is 0 Å². The molecule has 0 radical (unpaired) electrons. The van der Waals surface area contributed by atoms with Crippen LogP contribution < -0.4 is 0 Å². The summed E-state index contributed by atoms with van der Waals surface area (Å²) < 4.78 is 0. The Hall–Kier alpha value is -3.38. The van der Waals surface area contributed by atoms with E-state index in [-0.39, 0.29) is 0 Å². The molecule has 0 aliphatic rings. The highest BCUT2D eigenvalue weighted by Gasteiger charge is 2.08. The summed E-state index contributed by atoms with van der Waals surface area (Å²) in [4.78, 5) is 7.65. The van der Waals surface area contributed by atoms with Crippen LogP contribution in [0.15, 0.2) is 73.2 Å². The Morgan fingerprint density at radius 3 is 2.52 bits per heavy atom. The van der Waals surface area contributed by atoms with E-state index in [1.165, 1.54) is 0 Å². The van der Waals surface area contributed by atoms with Gasteiger partial charge >= 0.3 is 0 Å². The zero-order chi connectivity index (χ0) is 15.6. The van der Waals surface area contributed by atoms with Gasteiger partial charge in [0.15, 0.2) is 0 Å². The molecule has 0 aliphatic heterocycles. The lowest BCUT2D eigenvalue weighted by Crippen LogP contribution is -1.83. The highest BCUT2D eigenvalue weighted by molar-refractivity contribution is 5.96. The van der Waals surface area contributed by atoms with E-state index in [1.54, 1.807) is 0 Å². The average molecular weight is 295 g/mol. The van der Waals surface area contributed by atoms with Gasteiger partial charge in [-0.25, -0.2) is 0 Å². The molecule has 0 saturated carbocycles. The van der Waals surface area contributed by atoms with Gasteiger partial charge in [0.05, 0.1) is 11.6 Å². The predicted octanol–water partition coefficient (Wildman–Crippen LogP) is 4.77. The van der Waals surface area contributed by atoms with Crippen LogP contribution in [0.3, 0.4) is 0 Å². The van der Waals surface area contributed by atoms with Crippen molar-refractivity contribution < 1.29 is 0 Å². The Morgan fingerprint density at radius 2 is 1.70 bits per heavy atom. The van der Waals surface area contributed by atoms with Gasteiger partial charge in [-0.15, -0.1) is 0 Å². The first-order valence-corrected chi connectivity index (χ1v) is 7.37. The smallest absolute Gasteiger partial charge is 0.0991 e. The largest absolute Gasteiger partial charge is 0.361 e. The summed E-state index contributed by atoms with van der Waals surface area (Å²) in [6.45, 7) is 0. The molecule has 0 saturated heterocycles. The number of nitrogens with zero attached hydrogens (tertiary/aromatic N) is 2. The predicted molar refractivity (Wildman–Crippen MR) is 91.7 cm³/mol. The molecule has 0 fully saturated rings. The molecule has 0 amide bonds. The number of benzene rings is 2. The van der Waals surface area contributed by atoms with Crippen LogP contribution in [-0.2, 0) is 0 Å². The molecule has 0 spiro atoms. The highest BCUT2D eigenvalue weighted by atomic mass is 14.7. The molecule has 3 heteroatoms. The number of hydrogen-bond acceptors (Lipinski definition) is 2. The third-order valence-electron chi connectivity index (χ3n) is 3.97. The molecule has 23 heavy (non-hydrogen) atoms. The van der Waals surface area contributed by atoms with Crippen LogP contribution in [0.2, 0.25) is 0 Å². The summed E-state index contributed by atoms with van der Waals surface area (Å²) in [6.07, 6.45) is 5.69. The van der Waals surface area contributed by atoms with Crippen molar-refractivity contribution in [3.8, 4) is 28.3 Å². The van der Waals surface area contributed by atoms with Crippen molar-refractivity contribution in [2.75, 3.05) is 0 Å². The summed E-state index contributed by atoms with van der Waals surface area (Å²) >= 11 is 0. The van der Waals surface area contributed by atoms with Crippen molar-refractivity contribution >= 4 is 10.9 Å². The summed E-state index contributed by atoms with van der Waals surface area (Å²) in [6, 6.07) is 20.2. The quantitative estimate of drug-likeness (QED) is 0.579. The van der Waals surface area contributed by atoms with Crippen LogP contribution in [0.5, 0.6) is 0 Å². The zero-order valence-electron chi connectivity index (χ0n) is 12.3. The SMILES string of the molecule is N#Cc1ccc2[nH]cc(-c3cncc(-c4ccccc4)c3)c2c1. The molecular weight excluding hydrogens is 282 g/mol. The van der Waals surface area contributed by atoms with Gasteiger partial charge in [-0.2, -0.15) is 5.26 Å². The van der Waals surface area contributed by atoms with Gasteiger partial charge < -0.3 is 4.98 Å². The average Bonchev–Trinajstić information content (AvgIpc) is 3.05. The van der Waals surface area contributed by atoms with E-state index in [1.807, 2.05) is 55.0 Å². The summed E-state index contributed by atoms with van der Waals surface area (Å²) in [7, 11) is 0. The third-order valence-corrected chi connectivity index (χ3v) is 3.97. The van der Waals surface area contributed by atoms with Crippen LogP contribution in [0.4, 0.5) is 0 Å². The summed E-state index contributed by atoms with van der Waals surface area (Å²) in [5.41, 5.74) is 5.98. The van der Waals surface area contributed by atoms with Gasteiger partial charge in [-0.3, -0.25) is 4.98 Å². The topological polar surface area (TPSA) is 52.5 Å². The minimum atomic E-state index is 0.658. The number of aromatic amines is 1. The number of fused-ring (bicyclic) bond motifs is 1. The fourth-order valence-electron chi connectivity index (χ4n) is 2.80. The normalized spacial score (nSPS) is 10.6. The zero-order valence-corrected chi connectivity index (χ0v) is 12.3. The monoisotopic (exact) mass is 295 g/mol. The molecule has 3 nitrogen and oxygen atoms in total. The van der Waals surface area contributed by atoms with E-state index in [4.69, 9.17) is 5.26 Å². The Morgan fingerprint density at radius 1 is 0.870 bits per heavy atom. The minimum Gasteiger partial charge on any atom is -0.361 e. The number of hydrogen-bond donors (Lipinski definition) is 1. The first kappa shape index (κ1) is 13.3. The molecule has 0 aliphatic carbocycles. The number of rotatable bonds is 2. The summed E-state index contributed by atoms with van der Waals surface area (Å²) in [5, 5.41) is 10.2. The molecule has 2 heterocycles. The Balaban J connectivity index is 1.87. The molecule has 2 aromatic heterocycles. The van der Waals surface area contributed by atoms with E-state index in [0.717, 1.165) is 33.2 Å². The standard InChI is InChI=1S/C20H13N3/c21-10-14-6-7-20-18(8-14)19(13-23-20)17-9-16(11-22-12-17)15-4-2-1-3-5-15/h1-9,11-13,23H. The lowest BCUT2D eigenvalue weighted by Gasteiger charge is -2.04. The van der Waals surface area contributed by atoms with Crippen molar-refractivity contribution in [3.05, 3.63) is 78.8 Å².